The van der Waals surface area contributed by atoms with Gasteiger partial charge in [0.2, 0.25) is 5.75 Å². The van der Waals surface area contributed by atoms with Gasteiger partial charge in [-0.3, -0.25) is 4.79 Å². The summed E-state index contributed by atoms with van der Waals surface area (Å²) in [6.45, 7) is 8.20. The molecule has 0 N–H and O–H groups in total. The predicted octanol–water partition coefficient (Wildman–Crippen LogP) is 4.10. The van der Waals surface area contributed by atoms with Crippen molar-refractivity contribution in [3.05, 3.63) is 53.1 Å². The van der Waals surface area contributed by atoms with Gasteiger partial charge in [-0.2, -0.15) is 0 Å². The fourth-order valence-electron chi connectivity index (χ4n) is 3.65. The lowest BCUT2D eigenvalue weighted by Gasteiger charge is -2.29. The second-order valence-corrected chi connectivity index (χ2v) is 7.19. The Balaban J connectivity index is 1.78. The molecule has 1 aliphatic heterocycles. The Kier molecular flexibility index (Phi) is 7.57. The van der Waals surface area contributed by atoms with Crippen molar-refractivity contribution in [3.8, 4) is 17.2 Å². The summed E-state index contributed by atoms with van der Waals surface area (Å²) in [4.78, 5) is 14.9. The van der Waals surface area contributed by atoms with E-state index >= 15 is 0 Å². The van der Waals surface area contributed by atoms with Crippen molar-refractivity contribution in [2.24, 2.45) is 0 Å². The Morgan fingerprint density at radius 1 is 1.00 bits per heavy atom. The van der Waals surface area contributed by atoms with Crippen LogP contribution in [0.15, 0.2) is 36.4 Å². The van der Waals surface area contributed by atoms with Gasteiger partial charge in [-0.1, -0.05) is 24.3 Å². The Hall–Kier alpha value is -2.73. The molecule has 0 saturated carbocycles. The van der Waals surface area contributed by atoms with Crippen molar-refractivity contribution in [1.29, 1.82) is 0 Å². The van der Waals surface area contributed by atoms with E-state index in [0.29, 0.717) is 55.8 Å². The van der Waals surface area contributed by atoms with Crippen LogP contribution in [0, 0.1) is 0 Å². The van der Waals surface area contributed by atoms with Gasteiger partial charge in [-0.25, -0.2) is 0 Å². The minimum Gasteiger partial charge on any atom is -0.490 e. The predicted molar refractivity (Wildman–Crippen MR) is 116 cm³/mol. The molecule has 162 valence electrons. The first-order chi connectivity index (χ1) is 14.6. The first-order valence-electron chi connectivity index (χ1n) is 10.6. The summed E-state index contributed by atoms with van der Waals surface area (Å²) in [7, 11) is 1.80. The number of fused-ring (bicyclic) bond motifs is 1. The molecule has 1 unspecified atom stereocenters. The highest BCUT2D eigenvalue weighted by molar-refractivity contribution is 5.95. The number of hydrogen-bond acceptors (Lipinski definition) is 5. The monoisotopic (exact) mass is 413 g/mol. The molecule has 6 heteroatoms. The van der Waals surface area contributed by atoms with Crippen LogP contribution in [-0.2, 0) is 17.8 Å². The summed E-state index contributed by atoms with van der Waals surface area (Å²) >= 11 is 0. The van der Waals surface area contributed by atoms with E-state index in [2.05, 4.69) is 12.1 Å². The molecular formula is C24H31NO5. The summed E-state index contributed by atoms with van der Waals surface area (Å²) in [6.07, 6.45) is 0.764. The van der Waals surface area contributed by atoms with Crippen molar-refractivity contribution >= 4 is 5.91 Å². The zero-order valence-electron chi connectivity index (χ0n) is 18.3. The van der Waals surface area contributed by atoms with Gasteiger partial charge in [0.05, 0.1) is 32.5 Å². The van der Waals surface area contributed by atoms with Crippen LogP contribution in [0.3, 0.4) is 0 Å². The number of amides is 1. The molecule has 1 amide bonds. The van der Waals surface area contributed by atoms with Crippen molar-refractivity contribution in [2.45, 2.75) is 39.9 Å². The van der Waals surface area contributed by atoms with Crippen molar-refractivity contribution < 1.29 is 23.7 Å². The van der Waals surface area contributed by atoms with Crippen LogP contribution >= 0.6 is 0 Å². The number of rotatable bonds is 9. The van der Waals surface area contributed by atoms with Gasteiger partial charge in [-0.05, 0) is 44.0 Å². The van der Waals surface area contributed by atoms with Crippen molar-refractivity contribution in [2.75, 3.05) is 33.4 Å². The van der Waals surface area contributed by atoms with Gasteiger partial charge in [-0.15, -0.1) is 0 Å². The van der Waals surface area contributed by atoms with E-state index < -0.39 is 0 Å². The van der Waals surface area contributed by atoms with E-state index in [0.717, 1.165) is 6.42 Å². The van der Waals surface area contributed by atoms with E-state index in [1.165, 1.54) is 11.1 Å². The highest BCUT2D eigenvalue weighted by Crippen LogP contribution is 2.39. The normalized spacial score (nSPS) is 15.3. The smallest absolute Gasteiger partial charge is 0.253 e. The first-order valence-corrected chi connectivity index (χ1v) is 10.6. The molecule has 0 radical (unpaired) electrons. The van der Waals surface area contributed by atoms with Crippen LogP contribution in [0.4, 0.5) is 0 Å². The highest BCUT2D eigenvalue weighted by atomic mass is 16.5. The third kappa shape index (κ3) is 5.05. The molecule has 0 bridgehead atoms. The Morgan fingerprint density at radius 3 is 2.20 bits per heavy atom. The summed E-state index contributed by atoms with van der Waals surface area (Å²) in [5, 5.41) is 0. The molecule has 0 aliphatic carbocycles. The SMILES string of the molecule is CCOc1cc(C(=O)N(C)CC2Cc3ccccc3CO2)cc(OCC)c1OCC. The van der Waals surface area contributed by atoms with E-state index in [4.69, 9.17) is 18.9 Å². The molecule has 0 saturated heterocycles. The maximum atomic E-state index is 13.2. The fraction of sp³-hybridized carbons (Fsp3) is 0.458. The molecule has 2 aromatic rings. The fourth-order valence-corrected chi connectivity index (χ4v) is 3.65. The molecular weight excluding hydrogens is 382 g/mol. The van der Waals surface area contributed by atoms with Crippen LogP contribution in [-0.4, -0.2) is 50.3 Å². The summed E-state index contributed by atoms with van der Waals surface area (Å²) in [6, 6.07) is 11.7. The van der Waals surface area contributed by atoms with Gasteiger partial charge in [0, 0.05) is 25.6 Å². The number of carbonyl (C=O) groups excluding carboxylic acids is 1. The number of ether oxygens (including phenoxy) is 4. The second-order valence-electron chi connectivity index (χ2n) is 7.19. The third-order valence-corrected chi connectivity index (χ3v) is 5.02. The maximum absolute atomic E-state index is 13.2. The van der Waals surface area contributed by atoms with Gasteiger partial charge in [0.15, 0.2) is 11.5 Å². The van der Waals surface area contributed by atoms with E-state index in [9.17, 15) is 4.79 Å². The molecule has 0 aromatic heterocycles. The van der Waals surface area contributed by atoms with E-state index in [1.54, 1.807) is 24.1 Å². The summed E-state index contributed by atoms with van der Waals surface area (Å²) in [5.41, 5.74) is 3.01. The van der Waals surface area contributed by atoms with Crippen molar-refractivity contribution in [3.63, 3.8) is 0 Å². The standard InChI is InChI=1S/C24H31NO5/c1-5-27-21-13-19(14-22(28-6-2)23(21)29-7-3)24(26)25(4)15-20-12-17-10-8-9-11-18(17)16-30-20/h8-11,13-14,20H,5-7,12,15-16H2,1-4H3. The van der Waals surface area contributed by atoms with Crippen LogP contribution in [0.25, 0.3) is 0 Å². The second kappa shape index (κ2) is 10.3. The lowest BCUT2D eigenvalue weighted by atomic mass is 9.99. The van der Waals surface area contributed by atoms with Gasteiger partial charge >= 0.3 is 0 Å². The van der Waals surface area contributed by atoms with Crippen molar-refractivity contribution in [1.82, 2.24) is 4.90 Å². The van der Waals surface area contributed by atoms with Crippen LogP contribution in [0.2, 0.25) is 0 Å². The minimum atomic E-state index is -0.109. The van der Waals surface area contributed by atoms with E-state index in [1.807, 2.05) is 32.9 Å². The van der Waals surface area contributed by atoms with Crippen LogP contribution < -0.4 is 14.2 Å². The Labute approximate surface area is 178 Å². The van der Waals surface area contributed by atoms with Crippen LogP contribution in [0.5, 0.6) is 17.2 Å². The molecule has 1 heterocycles. The maximum Gasteiger partial charge on any atom is 0.253 e. The minimum absolute atomic E-state index is 0.0331. The number of nitrogens with zero attached hydrogens (tertiary/aromatic N) is 1. The van der Waals surface area contributed by atoms with Gasteiger partial charge < -0.3 is 23.8 Å². The molecule has 0 spiro atoms. The lowest BCUT2D eigenvalue weighted by Crippen LogP contribution is -2.38. The Morgan fingerprint density at radius 2 is 1.60 bits per heavy atom. The quantitative estimate of drug-likeness (QED) is 0.620. The number of carbonyl (C=O) groups is 1. The largest absolute Gasteiger partial charge is 0.490 e. The molecule has 3 rings (SSSR count). The van der Waals surface area contributed by atoms with Gasteiger partial charge in [0.1, 0.15) is 0 Å². The Bertz CT molecular complexity index is 839. The molecule has 0 fully saturated rings. The average Bonchev–Trinajstić information content (AvgIpc) is 2.75. The van der Waals surface area contributed by atoms with Crippen LogP contribution in [0.1, 0.15) is 42.3 Å². The zero-order valence-corrected chi connectivity index (χ0v) is 18.3. The van der Waals surface area contributed by atoms with Gasteiger partial charge in [0.25, 0.3) is 5.91 Å². The number of benzene rings is 2. The highest BCUT2D eigenvalue weighted by Gasteiger charge is 2.24. The molecule has 6 nitrogen and oxygen atoms in total. The first kappa shape index (κ1) is 22.0. The third-order valence-electron chi connectivity index (χ3n) is 5.02. The molecule has 1 aliphatic rings. The molecule has 2 aromatic carbocycles. The zero-order chi connectivity index (χ0) is 21.5. The number of likely N-dealkylation sites (N-methyl/N-ethyl adjacent to an activating group) is 1. The lowest BCUT2D eigenvalue weighted by molar-refractivity contribution is 0.00983. The number of hydrogen-bond donors (Lipinski definition) is 0. The summed E-state index contributed by atoms with van der Waals surface area (Å²) < 4.78 is 23.2. The average molecular weight is 414 g/mol. The molecule has 1 atom stereocenters. The molecule has 30 heavy (non-hydrogen) atoms. The summed E-state index contributed by atoms with van der Waals surface area (Å²) in [5.74, 6) is 1.46. The van der Waals surface area contributed by atoms with E-state index in [-0.39, 0.29) is 12.0 Å². The topological polar surface area (TPSA) is 57.2 Å².